The SMILES string of the molecule is Cc1nccc(N2CCCC(NS(=O)(=O)C3CC3)C2)n1. The minimum atomic E-state index is -3.11. The molecule has 2 heterocycles. The molecule has 2 fully saturated rings. The first-order chi connectivity index (χ1) is 9.54. The van der Waals surface area contributed by atoms with E-state index in [0.29, 0.717) is 6.54 Å². The van der Waals surface area contributed by atoms with Gasteiger partial charge in [0.15, 0.2) is 0 Å². The Morgan fingerprint density at radius 1 is 1.35 bits per heavy atom. The third kappa shape index (κ3) is 3.09. The fourth-order valence-corrected chi connectivity index (χ4v) is 4.21. The van der Waals surface area contributed by atoms with Gasteiger partial charge >= 0.3 is 0 Å². The van der Waals surface area contributed by atoms with Crippen molar-refractivity contribution in [2.75, 3.05) is 18.0 Å². The molecule has 1 aliphatic carbocycles. The number of aryl methyl sites for hydroxylation is 1. The maximum Gasteiger partial charge on any atom is 0.214 e. The van der Waals surface area contributed by atoms with Crippen molar-refractivity contribution >= 4 is 15.8 Å². The van der Waals surface area contributed by atoms with Crippen LogP contribution < -0.4 is 9.62 Å². The molecule has 2 aliphatic rings. The average molecular weight is 296 g/mol. The first-order valence-electron chi connectivity index (χ1n) is 7.10. The zero-order valence-electron chi connectivity index (χ0n) is 11.6. The predicted octanol–water partition coefficient (Wildman–Crippen LogP) is 0.836. The van der Waals surface area contributed by atoms with Crippen LogP contribution >= 0.6 is 0 Å². The van der Waals surface area contributed by atoms with E-state index >= 15 is 0 Å². The molecule has 110 valence electrons. The van der Waals surface area contributed by atoms with Gasteiger partial charge in [0.2, 0.25) is 10.0 Å². The van der Waals surface area contributed by atoms with E-state index in [2.05, 4.69) is 19.6 Å². The van der Waals surface area contributed by atoms with Gasteiger partial charge in [-0.15, -0.1) is 0 Å². The molecule has 1 aliphatic heterocycles. The zero-order chi connectivity index (χ0) is 14.2. The summed E-state index contributed by atoms with van der Waals surface area (Å²) >= 11 is 0. The van der Waals surface area contributed by atoms with Gasteiger partial charge < -0.3 is 4.90 Å². The van der Waals surface area contributed by atoms with Gasteiger partial charge in [0.1, 0.15) is 11.6 Å². The lowest BCUT2D eigenvalue weighted by Gasteiger charge is -2.33. The summed E-state index contributed by atoms with van der Waals surface area (Å²) in [5, 5.41) is -0.154. The van der Waals surface area contributed by atoms with Gasteiger partial charge in [-0.2, -0.15) is 0 Å². The monoisotopic (exact) mass is 296 g/mol. The zero-order valence-corrected chi connectivity index (χ0v) is 12.4. The summed E-state index contributed by atoms with van der Waals surface area (Å²) < 4.78 is 26.9. The Labute approximate surface area is 119 Å². The summed E-state index contributed by atoms with van der Waals surface area (Å²) in [5.41, 5.74) is 0. The normalized spacial score (nSPS) is 23.9. The second-order valence-electron chi connectivity index (χ2n) is 5.61. The highest BCUT2D eigenvalue weighted by atomic mass is 32.2. The molecule has 6 nitrogen and oxygen atoms in total. The molecule has 0 aromatic carbocycles. The van der Waals surface area contributed by atoms with Gasteiger partial charge in [0, 0.05) is 25.3 Å². The maximum absolute atomic E-state index is 12.0. The molecule has 3 rings (SSSR count). The summed E-state index contributed by atoms with van der Waals surface area (Å²) in [6.07, 6.45) is 5.22. The van der Waals surface area contributed by atoms with Gasteiger partial charge in [0.25, 0.3) is 0 Å². The standard InChI is InChI=1S/C13H20N4O2S/c1-10-14-7-6-13(15-10)17-8-2-3-11(9-17)16-20(18,19)12-4-5-12/h6-7,11-12,16H,2-5,8-9H2,1H3. The lowest BCUT2D eigenvalue weighted by atomic mass is 10.1. The topological polar surface area (TPSA) is 75.2 Å². The smallest absolute Gasteiger partial charge is 0.214 e. The van der Waals surface area contributed by atoms with Crippen LogP contribution in [0.4, 0.5) is 5.82 Å². The van der Waals surface area contributed by atoms with E-state index in [4.69, 9.17) is 0 Å². The summed E-state index contributed by atoms with van der Waals surface area (Å²) in [7, 11) is -3.11. The Hall–Kier alpha value is -1.21. The molecule has 0 bridgehead atoms. The van der Waals surface area contributed by atoms with E-state index in [1.165, 1.54) is 0 Å². The van der Waals surface area contributed by atoms with Gasteiger partial charge in [-0.1, -0.05) is 0 Å². The number of aromatic nitrogens is 2. The van der Waals surface area contributed by atoms with E-state index in [1.807, 2.05) is 13.0 Å². The fourth-order valence-electron chi connectivity index (χ4n) is 2.61. The minimum absolute atomic E-state index is 0.00961. The van der Waals surface area contributed by atoms with Crippen LogP contribution in [0.1, 0.15) is 31.5 Å². The van der Waals surface area contributed by atoms with Gasteiger partial charge in [0.05, 0.1) is 5.25 Å². The Morgan fingerprint density at radius 2 is 2.15 bits per heavy atom. The van der Waals surface area contributed by atoms with E-state index in [-0.39, 0.29) is 11.3 Å². The number of anilines is 1. The molecular formula is C13H20N4O2S. The van der Waals surface area contributed by atoms with Crippen LogP contribution in [0.25, 0.3) is 0 Å². The molecule has 1 aromatic heterocycles. The number of piperidine rings is 1. The van der Waals surface area contributed by atoms with E-state index in [9.17, 15) is 8.42 Å². The first-order valence-corrected chi connectivity index (χ1v) is 8.65. The van der Waals surface area contributed by atoms with Crippen LogP contribution in [-0.2, 0) is 10.0 Å². The highest BCUT2D eigenvalue weighted by Crippen LogP contribution is 2.28. The molecule has 1 aromatic rings. The minimum Gasteiger partial charge on any atom is -0.355 e. The van der Waals surface area contributed by atoms with Crippen molar-refractivity contribution in [1.82, 2.24) is 14.7 Å². The summed E-state index contributed by atoms with van der Waals surface area (Å²) in [6, 6.07) is 1.87. The van der Waals surface area contributed by atoms with Crippen LogP contribution in [0.3, 0.4) is 0 Å². The quantitative estimate of drug-likeness (QED) is 0.891. The Kier molecular flexibility index (Phi) is 3.64. The molecular weight excluding hydrogens is 276 g/mol. The van der Waals surface area contributed by atoms with Gasteiger partial charge in [-0.25, -0.2) is 23.1 Å². The molecule has 1 saturated carbocycles. The molecule has 0 amide bonds. The maximum atomic E-state index is 12.0. The van der Waals surface area contributed by atoms with Crippen LogP contribution in [0.2, 0.25) is 0 Å². The van der Waals surface area contributed by atoms with Crippen LogP contribution in [-0.4, -0.2) is 42.8 Å². The highest BCUT2D eigenvalue weighted by Gasteiger charge is 2.37. The molecule has 0 spiro atoms. The van der Waals surface area contributed by atoms with Crippen LogP contribution in [0, 0.1) is 6.92 Å². The molecule has 1 unspecified atom stereocenters. The van der Waals surface area contributed by atoms with Crippen molar-refractivity contribution < 1.29 is 8.42 Å². The number of hydrogen-bond acceptors (Lipinski definition) is 5. The highest BCUT2D eigenvalue weighted by molar-refractivity contribution is 7.90. The van der Waals surface area contributed by atoms with E-state index in [1.54, 1.807) is 6.20 Å². The van der Waals surface area contributed by atoms with E-state index < -0.39 is 10.0 Å². The Bertz CT molecular complexity index is 586. The molecule has 7 heteroatoms. The number of sulfonamides is 1. The fraction of sp³-hybridized carbons (Fsp3) is 0.692. The average Bonchev–Trinajstić information content (AvgIpc) is 3.23. The van der Waals surface area contributed by atoms with Crippen LogP contribution in [0.5, 0.6) is 0 Å². The van der Waals surface area contributed by atoms with Crippen LogP contribution in [0.15, 0.2) is 12.3 Å². The van der Waals surface area contributed by atoms with Crippen molar-refractivity contribution in [3.05, 3.63) is 18.1 Å². The summed E-state index contributed by atoms with van der Waals surface area (Å²) in [5.74, 6) is 1.62. The first kappa shape index (κ1) is 13.8. The number of nitrogens with one attached hydrogen (secondary N) is 1. The van der Waals surface area contributed by atoms with Crippen molar-refractivity contribution in [1.29, 1.82) is 0 Å². The molecule has 20 heavy (non-hydrogen) atoms. The van der Waals surface area contributed by atoms with E-state index in [0.717, 1.165) is 43.9 Å². The van der Waals surface area contributed by atoms with Crippen molar-refractivity contribution in [3.8, 4) is 0 Å². The summed E-state index contributed by atoms with van der Waals surface area (Å²) in [4.78, 5) is 10.6. The largest absolute Gasteiger partial charge is 0.355 e. The van der Waals surface area contributed by atoms with Crippen molar-refractivity contribution in [3.63, 3.8) is 0 Å². The van der Waals surface area contributed by atoms with Gasteiger partial charge in [-0.3, -0.25) is 0 Å². The molecule has 1 atom stereocenters. The number of rotatable bonds is 4. The molecule has 1 N–H and O–H groups in total. The Morgan fingerprint density at radius 3 is 2.85 bits per heavy atom. The predicted molar refractivity (Wildman–Crippen MR) is 77.1 cm³/mol. The number of nitrogens with zero attached hydrogens (tertiary/aromatic N) is 3. The molecule has 0 radical (unpaired) electrons. The van der Waals surface area contributed by atoms with Crippen molar-refractivity contribution in [2.24, 2.45) is 0 Å². The number of hydrogen-bond donors (Lipinski definition) is 1. The van der Waals surface area contributed by atoms with Gasteiger partial charge in [-0.05, 0) is 38.7 Å². The van der Waals surface area contributed by atoms with Crippen molar-refractivity contribution in [2.45, 2.75) is 43.9 Å². The second-order valence-corrected chi connectivity index (χ2v) is 7.60. The third-order valence-corrected chi connectivity index (χ3v) is 5.81. The molecule has 1 saturated heterocycles. The lowest BCUT2D eigenvalue weighted by molar-refractivity contribution is 0.463. The lowest BCUT2D eigenvalue weighted by Crippen LogP contribution is -2.48. The third-order valence-electron chi connectivity index (χ3n) is 3.80. The second kappa shape index (κ2) is 5.29. The Balaban J connectivity index is 1.67. The summed E-state index contributed by atoms with van der Waals surface area (Å²) in [6.45, 7) is 3.46.